The summed E-state index contributed by atoms with van der Waals surface area (Å²) in [6.07, 6.45) is -1.90. The van der Waals surface area contributed by atoms with Gasteiger partial charge in [0.2, 0.25) is 0 Å². The second-order valence-corrected chi connectivity index (χ2v) is 9.22. The molecule has 0 amide bonds. The molecule has 3 heterocycles. The van der Waals surface area contributed by atoms with Crippen molar-refractivity contribution < 1.29 is 17.6 Å². The number of anilines is 2. The Morgan fingerprint density at radius 2 is 1.88 bits per heavy atom. The van der Waals surface area contributed by atoms with E-state index >= 15 is 4.39 Å². The van der Waals surface area contributed by atoms with Crippen LogP contribution in [-0.4, -0.2) is 35.8 Å². The third-order valence-electron chi connectivity index (χ3n) is 6.36. The lowest BCUT2D eigenvalue weighted by molar-refractivity contribution is -0.138. The van der Waals surface area contributed by atoms with Gasteiger partial charge in [-0.05, 0) is 44.0 Å². The van der Waals surface area contributed by atoms with E-state index in [2.05, 4.69) is 25.4 Å². The Bertz CT molecular complexity index is 1850. The van der Waals surface area contributed by atoms with E-state index in [1.54, 1.807) is 36.3 Å². The predicted molar refractivity (Wildman–Crippen MR) is 141 cm³/mol. The van der Waals surface area contributed by atoms with E-state index in [9.17, 15) is 22.8 Å². The fourth-order valence-electron chi connectivity index (χ4n) is 4.43. The highest BCUT2D eigenvalue weighted by Crippen LogP contribution is 2.32. The number of H-pyrrole nitrogens is 1. The molecule has 14 heteroatoms. The number of nitrogens with zero attached hydrogens (tertiary/aromatic N) is 5. The molecule has 3 aromatic heterocycles. The maximum atomic E-state index is 15.1. The highest BCUT2D eigenvalue weighted by Gasteiger charge is 2.37. The minimum atomic E-state index is -4.86. The molecule has 206 valence electrons. The molecular formula is C26H22F4N8O2. The highest BCUT2D eigenvalue weighted by atomic mass is 19.4. The molecular weight excluding hydrogens is 532 g/mol. The van der Waals surface area contributed by atoms with Gasteiger partial charge in [0.05, 0.1) is 40.2 Å². The molecule has 0 fully saturated rings. The number of aryl methyl sites for hydroxylation is 1. The van der Waals surface area contributed by atoms with Crippen LogP contribution in [-0.2, 0) is 12.7 Å². The third-order valence-corrected chi connectivity index (χ3v) is 6.36. The predicted octanol–water partition coefficient (Wildman–Crippen LogP) is 4.11. The number of nitrogens with one attached hydrogen (secondary N) is 2. The zero-order valence-corrected chi connectivity index (χ0v) is 21.0. The molecule has 1 atom stereocenters. The van der Waals surface area contributed by atoms with E-state index in [0.717, 1.165) is 12.3 Å². The maximum Gasteiger partial charge on any atom is 0.423 e. The summed E-state index contributed by atoms with van der Waals surface area (Å²) in [7, 11) is 0. The summed E-state index contributed by atoms with van der Waals surface area (Å²) in [5.74, 6) is -0.465. The van der Waals surface area contributed by atoms with Crippen LogP contribution >= 0.6 is 0 Å². The molecule has 0 spiro atoms. The number of benzene rings is 2. The van der Waals surface area contributed by atoms with Gasteiger partial charge in [-0.25, -0.2) is 24.4 Å². The average molecular weight is 555 g/mol. The first-order valence-electron chi connectivity index (χ1n) is 12.2. The van der Waals surface area contributed by atoms with Crippen LogP contribution in [0.1, 0.15) is 25.3 Å². The zero-order valence-electron chi connectivity index (χ0n) is 21.0. The number of nitrogens with two attached hydrogens (primary N) is 1. The molecule has 40 heavy (non-hydrogen) atoms. The fraction of sp³-hybridized carbons (Fsp3) is 0.231. The minimum absolute atomic E-state index is 0.0435. The van der Waals surface area contributed by atoms with Crippen LogP contribution < -0.4 is 22.2 Å². The summed E-state index contributed by atoms with van der Waals surface area (Å²) in [5, 5.41) is 8.55. The van der Waals surface area contributed by atoms with E-state index in [4.69, 9.17) is 5.73 Å². The molecule has 0 aliphatic rings. The largest absolute Gasteiger partial charge is 0.423 e. The van der Waals surface area contributed by atoms with Crippen LogP contribution in [0.15, 0.2) is 58.5 Å². The average Bonchev–Trinajstić information content (AvgIpc) is 2.89. The maximum absolute atomic E-state index is 15.1. The second kappa shape index (κ2) is 10.4. The Balaban J connectivity index is 1.33. The Labute approximate surface area is 222 Å². The van der Waals surface area contributed by atoms with Crippen molar-refractivity contribution in [2.45, 2.75) is 38.5 Å². The van der Waals surface area contributed by atoms with Gasteiger partial charge in [0.15, 0.2) is 5.82 Å². The Kier molecular flexibility index (Phi) is 6.92. The van der Waals surface area contributed by atoms with Crippen LogP contribution in [0, 0.1) is 5.82 Å². The molecule has 0 saturated carbocycles. The van der Waals surface area contributed by atoms with Gasteiger partial charge in [-0.3, -0.25) is 14.2 Å². The van der Waals surface area contributed by atoms with E-state index in [-0.39, 0.29) is 34.7 Å². The summed E-state index contributed by atoms with van der Waals surface area (Å²) in [4.78, 5) is 37.6. The standard InChI is InChI=1S/C26H22F4N8O2/c1-13(34-20-11-33-37-24(39)21(20)26(28,29)30)5-4-8-38-12-32-19-10-15(17(27)9-16(19)25(38)40)23-35-18-7-3-2-6-14(18)22(31)36-23/h2-3,6-7,9-13H,4-5,8H2,1H3,(H2,31,35,36)(H2,34,37,39)/t13-/m0/s1. The molecule has 5 rings (SSSR count). The Morgan fingerprint density at radius 1 is 1.10 bits per heavy atom. The van der Waals surface area contributed by atoms with Crippen molar-refractivity contribution in [1.82, 2.24) is 29.7 Å². The number of aromatic amines is 1. The molecule has 0 bridgehead atoms. The monoisotopic (exact) mass is 554 g/mol. The number of halogens is 4. The summed E-state index contributed by atoms with van der Waals surface area (Å²) in [5.41, 5.74) is 3.24. The topological polar surface area (TPSA) is 144 Å². The van der Waals surface area contributed by atoms with Crippen LogP contribution in [0.25, 0.3) is 33.2 Å². The summed E-state index contributed by atoms with van der Waals surface area (Å²) < 4.78 is 56.2. The molecule has 0 unspecified atom stereocenters. The normalized spacial score (nSPS) is 12.6. The molecule has 0 aliphatic carbocycles. The van der Waals surface area contributed by atoms with Crippen LogP contribution in [0.3, 0.4) is 0 Å². The van der Waals surface area contributed by atoms with Crippen molar-refractivity contribution >= 4 is 33.3 Å². The third kappa shape index (κ3) is 5.19. The number of fused-ring (bicyclic) bond motifs is 2. The van der Waals surface area contributed by atoms with Crippen LogP contribution in [0.4, 0.5) is 29.1 Å². The zero-order chi connectivity index (χ0) is 28.6. The van der Waals surface area contributed by atoms with E-state index in [1.165, 1.54) is 17.0 Å². The second-order valence-electron chi connectivity index (χ2n) is 9.22. The first-order valence-corrected chi connectivity index (χ1v) is 12.2. The van der Waals surface area contributed by atoms with Gasteiger partial charge in [0.1, 0.15) is 17.2 Å². The van der Waals surface area contributed by atoms with Gasteiger partial charge in [0, 0.05) is 18.0 Å². The molecule has 0 saturated heterocycles. The number of rotatable bonds is 7. The molecule has 5 aromatic rings. The summed E-state index contributed by atoms with van der Waals surface area (Å²) in [6.45, 7) is 1.82. The molecule has 0 aliphatic heterocycles. The van der Waals surface area contributed by atoms with Crippen molar-refractivity contribution in [1.29, 1.82) is 0 Å². The first kappa shape index (κ1) is 26.7. The first-order chi connectivity index (χ1) is 19.0. The van der Waals surface area contributed by atoms with Gasteiger partial charge in [0.25, 0.3) is 11.1 Å². The van der Waals surface area contributed by atoms with Gasteiger partial charge < -0.3 is 11.1 Å². The van der Waals surface area contributed by atoms with Gasteiger partial charge in [-0.1, -0.05) is 12.1 Å². The van der Waals surface area contributed by atoms with Crippen LogP contribution in [0.2, 0.25) is 0 Å². The number of hydrogen-bond acceptors (Lipinski definition) is 8. The molecule has 2 aromatic carbocycles. The number of aromatic nitrogens is 6. The van der Waals surface area contributed by atoms with Crippen molar-refractivity contribution in [3.63, 3.8) is 0 Å². The van der Waals surface area contributed by atoms with Crippen molar-refractivity contribution in [3.8, 4) is 11.4 Å². The van der Waals surface area contributed by atoms with E-state index < -0.39 is 40.4 Å². The molecule has 4 N–H and O–H groups in total. The SMILES string of the molecule is C[C@@H](CCCn1cnc2cc(-c3nc(N)c4ccccc4n3)c(F)cc2c1=O)Nc1cn[nH]c(=O)c1C(F)(F)F. The fourth-order valence-corrected chi connectivity index (χ4v) is 4.43. The van der Waals surface area contributed by atoms with Crippen LogP contribution in [0.5, 0.6) is 0 Å². The lowest BCUT2D eigenvalue weighted by atomic mass is 10.1. The van der Waals surface area contributed by atoms with Gasteiger partial charge in [-0.15, -0.1) is 0 Å². The minimum Gasteiger partial charge on any atom is -0.383 e. The van der Waals surface area contributed by atoms with E-state index in [0.29, 0.717) is 23.7 Å². The van der Waals surface area contributed by atoms with Gasteiger partial charge >= 0.3 is 6.18 Å². The smallest absolute Gasteiger partial charge is 0.383 e. The number of nitrogen functional groups attached to an aromatic ring is 1. The Hall–Kier alpha value is -4.88. The quantitative estimate of drug-likeness (QED) is 0.255. The number of alkyl halides is 3. The lowest BCUT2D eigenvalue weighted by Crippen LogP contribution is -2.27. The summed E-state index contributed by atoms with van der Waals surface area (Å²) >= 11 is 0. The lowest BCUT2D eigenvalue weighted by Gasteiger charge is -2.18. The summed E-state index contributed by atoms with van der Waals surface area (Å²) in [6, 6.07) is 9.03. The Morgan fingerprint density at radius 3 is 2.65 bits per heavy atom. The highest BCUT2D eigenvalue weighted by molar-refractivity contribution is 5.90. The molecule has 10 nitrogen and oxygen atoms in total. The van der Waals surface area contributed by atoms with Crippen molar-refractivity contribution in [2.75, 3.05) is 11.1 Å². The number of para-hydroxylation sites is 1. The van der Waals surface area contributed by atoms with Gasteiger partial charge in [-0.2, -0.15) is 18.3 Å². The van der Waals surface area contributed by atoms with Crippen molar-refractivity contribution in [2.24, 2.45) is 0 Å². The number of hydrogen-bond donors (Lipinski definition) is 3. The van der Waals surface area contributed by atoms with Crippen molar-refractivity contribution in [3.05, 3.63) is 81.0 Å². The molecule has 0 radical (unpaired) electrons. The van der Waals surface area contributed by atoms with E-state index in [1.807, 2.05) is 0 Å².